The molecule has 4 aliphatic heterocycles. The molecule has 0 unspecified atom stereocenters. The molecule has 3 spiro atoms. The molecule has 11 heteroatoms. The van der Waals surface area contributed by atoms with Gasteiger partial charge in [0.25, 0.3) is 0 Å². The van der Waals surface area contributed by atoms with Crippen molar-refractivity contribution in [2.45, 2.75) is 160 Å². The third-order valence-corrected chi connectivity index (χ3v) is 16.6. The van der Waals surface area contributed by atoms with Gasteiger partial charge in [-0.25, -0.2) is 4.79 Å². The van der Waals surface area contributed by atoms with Crippen molar-refractivity contribution < 1.29 is 53.3 Å². The van der Waals surface area contributed by atoms with Crippen LogP contribution in [0.15, 0.2) is 0 Å². The van der Waals surface area contributed by atoms with Crippen LogP contribution >= 0.6 is 0 Å². The zero-order valence-electron chi connectivity index (χ0n) is 29.4. The van der Waals surface area contributed by atoms with E-state index in [1.807, 2.05) is 0 Å². The first-order chi connectivity index (χ1) is 22.4. The highest BCUT2D eigenvalue weighted by atomic mass is 16.8. The number of carbonyl (C=O) groups excluding carboxylic acids is 2. The number of ether oxygens (including phenoxy) is 6. The van der Waals surface area contributed by atoms with Crippen molar-refractivity contribution in [2.24, 2.45) is 50.7 Å². The Morgan fingerprint density at radius 1 is 0.896 bits per heavy atom. The van der Waals surface area contributed by atoms with Crippen molar-refractivity contribution in [1.29, 1.82) is 0 Å². The van der Waals surface area contributed by atoms with Crippen molar-refractivity contribution in [3.63, 3.8) is 0 Å². The van der Waals surface area contributed by atoms with E-state index in [2.05, 4.69) is 34.6 Å². The number of rotatable bonds is 3. The molecule has 18 atom stereocenters. The lowest BCUT2D eigenvalue weighted by Gasteiger charge is -2.65. The molecule has 5 aliphatic carbocycles. The molecule has 11 nitrogen and oxygen atoms in total. The summed E-state index contributed by atoms with van der Waals surface area (Å²) in [5, 5.41) is 30.9. The van der Waals surface area contributed by atoms with Gasteiger partial charge in [0.1, 0.15) is 24.4 Å². The van der Waals surface area contributed by atoms with Gasteiger partial charge in [-0.15, -0.1) is 0 Å². The first-order valence-corrected chi connectivity index (χ1v) is 18.5. The molecule has 0 aromatic carbocycles. The Labute approximate surface area is 282 Å². The third-order valence-electron chi connectivity index (χ3n) is 16.6. The second kappa shape index (κ2) is 9.55. The lowest BCUT2D eigenvalue weighted by atomic mass is 9.41. The van der Waals surface area contributed by atoms with Crippen molar-refractivity contribution in [3.05, 3.63) is 0 Å². The predicted molar refractivity (Wildman–Crippen MR) is 167 cm³/mol. The second-order valence-corrected chi connectivity index (χ2v) is 18.8. The minimum atomic E-state index is -1.31. The Kier molecular flexibility index (Phi) is 6.48. The molecule has 0 aromatic rings. The average molecular weight is 675 g/mol. The van der Waals surface area contributed by atoms with Gasteiger partial charge in [0.2, 0.25) is 5.79 Å². The van der Waals surface area contributed by atoms with Gasteiger partial charge >= 0.3 is 11.9 Å². The number of carbonyl (C=O) groups is 2. The molecule has 9 fully saturated rings. The molecular formula is C37H54O11. The van der Waals surface area contributed by atoms with Crippen LogP contribution in [0.4, 0.5) is 0 Å². The van der Waals surface area contributed by atoms with E-state index in [4.69, 9.17) is 28.4 Å². The summed E-state index contributed by atoms with van der Waals surface area (Å²) < 4.78 is 37.5. The van der Waals surface area contributed by atoms with Gasteiger partial charge in [0.15, 0.2) is 18.0 Å². The number of hydrogen-bond acceptors (Lipinski definition) is 11. The molecule has 4 heterocycles. The molecule has 0 amide bonds. The van der Waals surface area contributed by atoms with E-state index in [9.17, 15) is 24.9 Å². The highest BCUT2D eigenvalue weighted by molar-refractivity contribution is 5.86. The normalized spacial score (nSPS) is 61.6. The average Bonchev–Trinajstić information content (AvgIpc) is 3.84. The van der Waals surface area contributed by atoms with Crippen LogP contribution in [0.3, 0.4) is 0 Å². The van der Waals surface area contributed by atoms with Gasteiger partial charge in [0.05, 0.1) is 18.8 Å². The Morgan fingerprint density at radius 3 is 2.29 bits per heavy atom. The van der Waals surface area contributed by atoms with Crippen molar-refractivity contribution in [2.75, 3.05) is 6.61 Å². The summed E-state index contributed by atoms with van der Waals surface area (Å²) in [7, 11) is 0. The summed E-state index contributed by atoms with van der Waals surface area (Å²) in [6.45, 7) is 14.9. The maximum atomic E-state index is 12.9. The zero-order valence-corrected chi connectivity index (χ0v) is 29.4. The summed E-state index contributed by atoms with van der Waals surface area (Å²) in [6.07, 6.45) is 1.54. The van der Waals surface area contributed by atoms with E-state index in [1.165, 1.54) is 6.92 Å². The molecule has 48 heavy (non-hydrogen) atoms. The third kappa shape index (κ3) is 3.65. The van der Waals surface area contributed by atoms with Crippen LogP contribution < -0.4 is 0 Å². The maximum Gasteiger partial charge on any atom is 0.343 e. The Morgan fingerprint density at radius 2 is 1.62 bits per heavy atom. The lowest BCUT2D eigenvalue weighted by molar-refractivity contribution is -0.304. The minimum Gasteiger partial charge on any atom is -0.462 e. The monoisotopic (exact) mass is 674 g/mol. The smallest absolute Gasteiger partial charge is 0.343 e. The van der Waals surface area contributed by atoms with E-state index >= 15 is 0 Å². The van der Waals surface area contributed by atoms with Gasteiger partial charge in [-0.05, 0) is 97.2 Å². The lowest BCUT2D eigenvalue weighted by Crippen LogP contribution is -2.64. The summed E-state index contributed by atoms with van der Waals surface area (Å²) in [6, 6.07) is 0. The van der Waals surface area contributed by atoms with Gasteiger partial charge in [-0.2, -0.15) is 0 Å². The highest BCUT2D eigenvalue weighted by Crippen LogP contribution is 2.89. The van der Waals surface area contributed by atoms with E-state index < -0.39 is 36.0 Å². The minimum absolute atomic E-state index is 0.0279. The SMILES string of the molecule is CC(=O)O[C@@H]1C[C@@]23C[C@@]24CC[C@H](O[C@@H]2OC[C@@H](O)[C@H](O)[C@H]2O)C(C)(C)[C@@H]4CC[C@H]3[C@]2(C)C[C@@H]3O[C@]4(C[C@@H](C)[C@@H]3[C@@]12C)OC(=O)[C@]1(C)O[C@H]41. The van der Waals surface area contributed by atoms with Crippen LogP contribution in [0.25, 0.3) is 0 Å². The quantitative estimate of drug-likeness (QED) is 0.230. The van der Waals surface area contributed by atoms with E-state index in [1.54, 1.807) is 6.92 Å². The number of hydrogen-bond donors (Lipinski definition) is 3. The molecule has 0 radical (unpaired) electrons. The Hall–Kier alpha value is -1.34. The fourth-order valence-corrected chi connectivity index (χ4v) is 14.5. The van der Waals surface area contributed by atoms with Gasteiger partial charge in [0, 0.05) is 18.8 Å². The number of epoxide rings is 1. The van der Waals surface area contributed by atoms with E-state index in [-0.39, 0.29) is 81.9 Å². The Balaban J connectivity index is 1.03. The van der Waals surface area contributed by atoms with Crippen molar-refractivity contribution >= 4 is 11.9 Å². The summed E-state index contributed by atoms with van der Waals surface area (Å²) >= 11 is 0. The Bertz CT molecular complexity index is 1440. The van der Waals surface area contributed by atoms with Gasteiger partial charge < -0.3 is 43.7 Å². The first-order valence-electron chi connectivity index (χ1n) is 18.5. The molecular weight excluding hydrogens is 620 g/mol. The fourth-order valence-electron chi connectivity index (χ4n) is 14.5. The van der Waals surface area contributed by atoms with Crippen LogP contribution in [0, 0.1) is 50.7 Å². The van der Waals surface area contributed by atoms with Crippen molar-refractivity contribution in [1.82, 2.24) is 0 Å². The van der Waals surface area contributed by atoms with Gasteiger partial charge in [-0.3, -0.25) is 4.79 Å². The molecule has 0 aromatic heterocycles. The number of fused-ring (bicyclic) bond motifs is 6. The first kappa shape index (κ1) is 32.6. The predicted octanol–water partition coefficient (Wildman–Crippen LogP) is 3.24. The topological polar surface area (TPSA) is 154 Å². The highest BCUT2D eigenvalue weighted by Gasteiger charge is 2.87. The number of aliphatic hydroxyl groups is 3. The van der Waals surface area contributed by atoms with Crippen LogP contribution in [0.1, 0.15) is 99.8 Å². The number of esters is 2. The summed E-state index contributed by atoms with van der Waals surface area (Å²) in [5.74, 6) is -0.512. The van der Waals surface area contributed by atoms with Crippen LogP contribution in [-0.2, 0) is 38.0 Å². The molecule has 9 aliphatic rings. The molecule has 268 valence electrons. The summed E-state index contributed by atoms with van der Waals surface area (Å²) in [4.78, 5) is 25.7. The summed E-state index contributed by atoms with van der Waals surface area (Å²) in [5.41, 5.74) is -1.50. The fraction of sp³-hybridized carbons (Fsp3) is 0.946. The maximum absolute atomic E-state index is 12.9. The second-order valence-electron chi connectivity index (χ2n) is 18.8. The van der Waals surface area contributed by atoms with Crippen molar-refractivity contribution in [3.8, 4) is 0 Å². The van der Waals surface area contributed by atoms with Gasteiger partial charge in [-0.1, -0.05) is 34.6 Å². The molecule has 4 saturated heterocycles. The largest absolute Gasteiger partial charge is 0.462 e. The van der Waals surface area contributed by atoms with Crippen LogP contribution in [0.5, 0.6) is 0 Å². The number of aliphatic hydroxyl groups excluding tert-OH is 3. The van der Waals surface area contributed by atoms with E-state index in [0.29, 0.717) is 18.3 Å². The standard InChI is InChI=1S/C37H54O11/c1-17-12-37(29-34(7,47-29)30(42)48-37)46-20-13-32(5)22-9-8-21-31(3,4)23(45-28-27(41)26(40)19(39)15-43-28)10-11-35(21)16-36(22,35)14-24(44-18(2)38)33(32,6)25(17)20/h17,19-29,39-41H,8-16H2,1-7H3/t17-,19-,20+,21+,22+,23+,24-,25+,26+,27-,28+,29+,32+,33-,34-,35-,36+,37-/m1/s1. The molecule has 3 N–H and O–H groups in total. The van der Waals surface area contributed by atoms with E-state index in [0.717, 1.165) is 44.9 Å². The van der Waals surface area contributed by atoms with Crippen LogP contribution in [-0.4, -0.2) is 94.3 Å². The molecule has 0 bridgehead atoms. The molecule has 5 saturated carbocycles. The molecule has 9 rings (SSSR count). The zero-order chi connectivity index (χ0) is 34.2. The van der Waals surface area contributed by atoms with Crippen LogP contribution in [0.2, 0.25) is 0 Å².